The number of rotatable bonds is 3. The summed E-state index contributed by atoms with van der Waals surface area (Å²) in [5.74, 6) is -1.81. The number of hydrogen-bond donors (Lipinski definition) is 1. The van der Waals surface area contributed by atoms with Gasteiger partial charge >= 0.3 is 0 Å². The first-order chi connectivity index (χ1) is 9.29. The quantitative estimate of drug-likeness (QED) is 0.744. The summed E-state index contributed by atoms with van der Waals surface area (Å²) in [6, 6.07) is 7.56. The van der Waals surface area contributed by atoms with E-state index in [0.717, 1.165) is 6.07 Å². The lowest BCUT2D eigenvalue weighted by atomic mass is 10.3. The minimum absolute atomic E-state index is 0.0354. The lowest BCUT2D eigenvalue weighted by Crippen LogP contribution is -2.14. The first-order valence-electron chi connectivity index (χ1n) is 5.22. The van der Waals surface area contributed by atoms with E-state index in [1.54, 1.807) is 6.07 Å². The highest BCUT2D eigenvalue weighted by atomic mass is 79.9. The summed E-state index contributed by atoms with van der Waals surface area (Å²) in [6.07, 6.45) is 0. The van der Waals surface area contributed by atoms with Crippen molar-refractivity contribution in [2.45, 2.75) is 4.90 Å². The van der Waals surface area contributed by atoms with Crippen LogP contribution in [0.25, 0.3) is 0 Å². The fourth-order valence-corrected chi connectivity index (χ4v) is 3.44. The van der Waals surface area contributed by atoms with E-state index in [2.05, 4.69) is 36.6 Å². The van der Waals surface area contributed by atoms with E-state index in [4.69, 9.17) is 0 Å². The Morgan fingerprint density at radius 1 is 1.00 bits per heavy atom. The molecule has 2 rings (SSSR count). The second-order valence-corrected chi connectivity index (χ2v) is 7.26. The number of sulfonamides is 1. The van der Waals surface area contributed by atoms with Crippen molar-refractivity contribution >= 4 is 47.6 Å². The molecule has 0 aliphatic carbocycles. The van der Waals surface area contributed by atoms with Crippen molar-refractivity contribution < 1.29 is 17.2 Å². The molecule has 0 aromatic heterocycles. The Hall–Kier alpha value is -0.990. The summed E-state index contributed by atoms with van der Waals surface area (Å²) in [5.41, 5.74) is -0.335. The topological polar surface area (TPSA) is 46.2 Å². The summed E-state index contributed by atoms with van der Waals surface area (Å²) in [4.78, 5) is -0.0354. The first-order valence-corrected chi connectivity index (χ1v) is 8.29. The Balaban J connectivity index is 2.41. The highest BCUT2D eigenvalue weighted by Crippen LogP contribution is 2.26. The molecular weight excluding hydrogens is 420 g/mol. The molecule has 3 nitrogen and oxygen atoms in total. The zero-order valence-corrected chi connectivity index (χ0v) is 13.7. The van der Waals surface area contributed by atoms with Crippen LogP contribution in [0, 0.1) is 11.6 Å². The van der Waals surface area contributed by atoms with Crippen LogP contribution in [0.2, 0.25) is 0 Å². The van der Waals surface area contributed by atoms with E-state index in [9.17, 15) is 17.2 Å². The molecule has 0 aliphatic rings. The van der Waals surface area contributed by atoms with Crippen LogP contribution in [-0.2, 0) is 10.0 Å². The molecule has 106 valence electrons. The normalized spacial score (nSPS) is 11.4. The SMILES string of the molecule is O=S(=O)(Nc1cc(Br)c(F)cc1F)c1cccc(Br)c1. The van der Waals surface area contributed by atoms with Gasteiger partial charge in [-0.15, -0.1) is 0 Å². The van der Waals surface area contributed by atoms with Gasteiger partial charge in [-0.05, 0) is 40.2 Å². The summed E-state index contributed by atoms with van der Waals surface area (Å²) in [6.45, 7) is 0. The van der Waals surface area contributed by atoms with Crippen molar-refractivity contribution in [2.24, 2.45) is 0 Å². The highest BCUT2D eigenvalue weighted by Gasteiger charge is 2.18. The fourth-order valence-electron chi connectivity index (χ4n) is 1.44. The van der Waals surface area contributed by atoms with Crippen LogP contribution in [0.4, 0.5) is 14.5 Å². The second kappa shape index (κ2) is 5.79. The Bertz CT molecular complexity index is 766. The molecular formula is C12H7Br2F2NO2S. The third kappa shape index (κ3) is 3.36. The molecule has 0 unspecified atom stereocenters. The predicted octanol–water partition coefficient (Wildman–Crippen LogP) is 4.29. The van der Waals surface area contributed by atoms with E-state index in [0.29, 0.717) is 10.5 Å². The summed E-state index contributed by atoms with van der Waals surface area (Å²) >= 11 is 6.02. The van der Waals surface area contributed by atoms with Gasteiger partial charge in [-0.25, -0.2) is 17.2 Å². The minimum Gasteiger partial charge on any atom is -0.277 e. The zero-order valence-electron chi connectivity index (χ0n) is 9.70. The number of benzene rings is 2. The van der Waals surface area contributed by atoms with Gasteiger partial charge in [-0.1, -0.05) is 22.0 Å². The zero-order chi connectivity index (χ0) is 14.9. The van der Waals surface area contributed by atoms with Crippen molar-refractivity contribution in [3.05, 3.63) is 57.0 Å². The van der Waals surface area contributed by atoms with Gasteiger partial charge in [0.15, 0.2) is 0 Å². The van der Waals surface area contributed by atoms with Gasteiger partial charge in [0.1, 0.15) is 11.6 Å². The number of halogens is 4. The van der Waals surface area contributed by atoms with Gasteiger partial charge in [0.05, 0.1) is 15.1 Å². The van der Waals surface area contributed by atoms with Crippen molar-refractivity contribution in [3.8, 4) is 0 Å². The number of hydrogen-bond acceptors (Lipinski definition) is 2. The molecule has 8 heteroatoms. The van der Waals surface area contributed by atoms with Crippen molar-refractivity contribution in [2.75, 3.05) is 4.72 Å². The molecule has 2 aromatic carbocycles. The van der Waals surface area contributed by atoms with E-state index in [1.165, 1.54) is 18.2 Å². The molecule has 20 heavy (non-hydrogen) atoms. The van der Waals surface area contributed by atoms with Crippen LogP contribution in [0.5, 0.6) is 0 Å². The van der Waals surface area contributed by atoms with Crippen LogP contribution in [0.1, 0.15) is 0 Å². The average Bonchev–Trinajstić information content (AvgIpc) is 2.36. The van der Waals surface area contributed by atoms with Crippen LogP contribution in [-0.4, -0.2) is 8.42 Å². The van der Waals surface area contributed by atoms with Crippen molar-refractivity contribution in [1.29, 1.82) is 0 Å². The largest absolute Gasteiger partial charge is 0.277 e. The third-order valence-corrected chi connectivity index (χ3v) is 4.82. The molecule has 1 N–H and O–H groups in total. The molecule has 0 bridgehead atoms. The maximum Gasteiger partial charge on any atom is 0.262 e. The molecule has 0 heterocycles. The number of anilines is 1. The van der Waals surface area contributed by atoms with Gasteiger partial charge in [0.25, 0.3) is 10.0 Å². The molecule has 0 radical (unpaired) electrons. The number of nitrogens with one attached hydrogen (secondary N) is 1. The van der Waals surface area contributed by atoms with Gasteiger partial charge in [-0.3, -0.25) is 4.72 Å². The van der Waals surface area contributed by atoms with E-state index in [-0.39, 0.29) is 15.1 Å². The molecule has 0 amide bonds. The van der Waals surface area contributed by atoms with Crippen molar-refractivity contribution in [1.82, 2.24) is 0 Å². The van der Waals surface area contributed by atoms with Gasteiger partial charge in [0.2, 0.25) is 0 Å². The molecule has 0 saturated heterocycles. The maximum atomic E-state index is 13.6. The predicted molar refractivity (Wildman–Crippen MR) is 79.0 cm³/mol. The molecule has 0 spiro atoms. The lowest BCUT2D eigenvalue weighted by molar-refractivity contribution is 0.579. The summed E-state index contributed by atoms with van der Waals surface area (Å²) < 4.78 is 53.5. The van der Waals surface area contributed by atoms with E-state index in [1.807, 2.05) is 0 Å². The lowest BCUT2D eigenvalue weighted by Gasteiger charge is -2.10. The van der Waals surface area contributed by atoms with Gasteiger partial charge < -0.3 is 0 Å². The monoisotopic (exact) mass is 425 g/mol. The van der Waals surface area contributed by atoms with E-state index < -0.39 is 21.7 Å². The Labute approximate surface area is 131 Å². The van der Waals surface area contributed by atoms with Gasteiger partial charge in [-0.2, -0.15) is 0 Å². The second-order valence-electron chi connectivity index (χ2n) is 3.81. The standard InChI is InChI=1S/C12H7Br2F2NO2S/c13-7-2-1-3-8(4-7)20(18,19)17-12-5-9(14)10(15)6-11(12)16/h1-6,17H. The van der Waals surface area contributed by atoms with Crippen LogP contribution >= 0.6 is 31.9 Å². The van der Waals surface area contributed by atoms with Crippen LogP contribution < -0.4 is 4.72 Å². The fraction of sp³-hybridized carbons (Fsp3) is 0. The molecule has 0 atom stereocenters. The van der Waals surface area contributed by atoms with Crippen LogP contribution in [0.15, 0.2) is 50.2 Å². The minimum atomic E-state index is -3.95. The third-order valence-electron chi connectivity index (χ3n) is 2.36. The summed E-state index contributed by atoms with van der Waals surface area (Å²) in [5, 5.41) is 0. The molecule has 0 aliphatic heterocycles. The molecule has 2 aromatic rings. The molecule has 0 fully saturated rings. The maximum absolute atomic E-state index is 13.6. The Kier molecular flexibility index (Phi) is 4.46. The smallest absolute Gasteiger partial charge is 0.262 e. The van der Waals surface area contributed by atoms with E-state index >= 15 is 0 Å². The Morgan fingerprint density at radius 2 is 1.70 bits per heavy atom. The highest BCUT2D eigenvalue weighted by molar-refractivity contribution is 9.10. The summed E-state index contributed by atoms with van der Waals surface area (Å²) in [7, 11) is -3.95. The van der Waals surface area contributed by atoms with Crippen LogP contribution in [0.3, 0.4) is 0 Å². The Morgan fingerprint density at radius 3 is 2.35 bits per heavy atom. The molecule has 0 saturated carbocycles. The van der Waals surface area contributed by atoms with Gasteiger partial charge in [0, 0.05) is 10.5 Å². The first kappa shape index (κ1) is 15.4. The van der Waals surface area contributed by atoms with Crippen molar-refractivity contribution in [3.63, 3.8) is 0 Å². The average molecular weight is 427 g/mol.